The largest absolute Gasteiger partial charge is 0.325 e. The molecule has 4 nitrogen and oxygen atoms in total. The smallest absolute Gasteiger partial charge is 0.234 e. The number of rotatable bonds is 6. The second kappa shape index (κ2) is 8.94. The van der Waals surface area contributed by atoms with Crippen LogP contribution in [0.1, 0.15) is 16.7 Å². The summed E-state index contributed by atoms with van der Waals surface area (Å²) in [6.45, 7) is 4.74. The minimum Gasteiger partial charge on any atom is -0.325 e. The number of amides is 1. The van der Waals surface area contributed by atoms with Crippen LogP contribution in [0.2, 0.25) is 5.02 Å². The molecule has 1 heterocycles. The Hall–Kier alpha value is -2.76. The lowest BCUT2D eigenvalue weighted by Crippen LogP contribution is -2.15. The van der Waals surface area contributed by atoms with E-state index in [-0.39, 0.29) is 11.7 Å². The second-order valence-electron chi connectivity index (χ2n) is 7.24. The number of benzene rings is 3. The number of thioether (sulfide) groups is 1. The van der Waals surface area contributed by atoms with Crippen LogP contribution in [-0.2, 0) is 11.3 Å². The van der Waals surface area contributed by atoms with Gasteiger partial charge in [-0.05, 0) is 66.9 Å². The van der Waals surface area contributed by atoms with Gasteiger partial charge in [0.25, 0.3) is 0 Å². The van der Waals surface area contributed by atoms with E-state index in [2.05, 4.69) is 16.8 Å². The van der Waals surface area contributed by atoms with E-state index >= 15 is 0 Å². The maximum atomic E-state index is 12.5. The molecule has 0 bridgehead atoms. The van der Waals surface area contributed by atoms with Crippen molar-refractivity contribution in [1.29, 1.82) is 0 Å². The van der Waals surface area contributed by atoms with Crippen LogP contribution < -0.4 is 5.32 Å². The summed E-state index contributed by atoms with van der Waals surface area (Å²) in [5.41, 5.74) is 6.22. The average molecular weight is 436 g/mol. The Bertz CT molecular complexity index is 1220. The van der Waals surface area contributed by atoms with E-state index in [1.165, 1.54) is 17.3 Å². The molecule has 0 atom stereocenters. The molecule has 30 heavy (non-hydrogen) atoms. The van der Waals surface area contributed by atoms with Crippen molar-refractivity contribution in [3.05, 3.63) is 88.4 Å². The predicted octanol–water partition coefficient (Wildman–Crippen LogP) is 6.09. The Morgan fingerprint density at radius 2 is 1.87 bits per heavy atom. The van der Waals surface area contributed by atoms with Gasteiger partial charge in [0.15, 0.2) is 5.16 Å². The summed E-state index contributed by atoms with van der Waals surface area (Å²) in [4.78, 5) is 17.3. The highest BCUT2D eigenvalue weighted by Gasteiger charge is 2.14. The van der Waals surface area contributed by atoms with Crippen LogP contribution in [0.4, 0.5) is 5.69 Å². The average Bonchev–Trinajstić information content (AvgIpc) is 3.07. The van der Waals surface area contributed by atoms with Crippen molar-refractivity contribution in [3.8, 4) is 0 Å². The highest BCUT2D eigenvalue weighted by atomic mass is 35.5. The predicted molar refractivity (Wildman–Crippen MR) is 126 cm³/mol. The minimum atomic E-state index is -0.0513. The summed E-state index contributed by atoms with van der Waals surface area (Å²) < 4.78 is 2.13. The SMILES string of the molecule is Cc1ccc(NC(=O)CSc2nc3ccccc3n2Cc2cccc(Cl)c2)cc1C. The first-order valence-corrected chi connectivity index (χ1v) is 11.1. The van der Waals surface area contributed by atoms with Gasteiger partial charge in [0.05, 0.1) is 23.3 Å². The summed E-state index contributed by atoms with van der Waals surface area (Å²) in [6.07, 6.45) is 0. The topological polar surface area (TPSA) is 46.9 Å². The molecule has 0 radical (unpaired) electrons. The van der Waals surface area contributed by atoms with Crippen LogP contribution >= 0.6 is 23.4 Å². The van der Waals surface area contributed by atoms with E-state index in [1.54, 1.807) is 0 Å². The molecule has 3 aromatic carbocycles. The first kappa shape index (κ1) is 20.5. The molecule has 0 aliphatic carbocycles. The number of carbonyl (C=O) groups is 1. The number of para-hydroxylation sites is 2. The van der Waals surface area contributed by atoms with Gasteiger partial charge >= 0.3 is 0 Å². The Balaban J connectivity index is 1.53. The van der Waals surface area contributed by atoms with Crippen LogP contribution in [0.25, 0.3) is 11.0 Å². The maximum Gasteiger partial charge on any atom is 0.234 e. The fourth-order valence-electron chi connectivity index (χ4n) is 3.28. The number of fused-ring (bicyclic) bond motifs is 1. The molecule has 0 aliphatic heterocycles. The third kappa shape index (κ3) is 4.69. The lowest BCUT2D eigenvalue weighted by Gasteiger charge is -2.10. The number of anilines is 1. The molecule has 1 N–H and O–H groups in total. The van der Waals surface area contributed by atoms with Gasteiger partial charge in [-0.1, -0.05) is 53.7 Å². The van der Waals surface area contributed by atoms with Gasteiger partial charge in [-0.15, -0.1) is 0 Å². The van der Waals surface area contributed by atoms with Gasteiger partial charge in [-0.2, -0.15) is 0 Å². The Morgan fingerprint density at radius 1 is 1.03 bits per heavy atom. The number of aromatic nitrogens is 2. The molecule has 0 saturated heterocycles. The summed E-state index contributed by atoms with van der Waals surface area (Å²) in [5, 5.41) is 4.50. The van der Waals surface area contributed by atoms with Gasteiger partial charge in [-0.25, -0.2) is 4.98 Å². The monoisotopic (exact) mass is 435 g/mol. The molecule has 0 spiro atoms. The number of hydrogen-bond acceptors (Lipinski definition) is 3. The lowest BCUT2D eigenvalue weighted by molar-refractivity contribution is -0.113. The van der Waals surface area contributed by atoms with Crippen LogP contribution in [0.15, 0.2) is 71.9 Å². The molecule has 1 aromatic heterocycles. The first-order valence-electron chi connectivity index (χ1n) is 9.69. The Morgan fingerprint density at radius 3 is 2.67 bits per heavy atom. The molecule has 1 amide bonds. The zero-order chi connectivity index (χ0) is 21.1. The number of imidazole rings is 1. The Kier molecular flexibility index (Phi) is 6.11. The van der Waals surface area contributed by atoms with Gasteiger partial charge in [-0.3, -0.25) is 4.79 Å². The normalized spacial score (nSPS) is 11.0. The fraction of sp³-hybridized carbons (Fsp3) is 0.167. The lowest BCUT2D eigenvalue weighted by atomic mass is 10.1. The number of nitrogens with zero attached hydrogens (tertiary/aromatic N) is 2. The fourth-order valence-corrected chi connectivity index (χ4v) is 4.31. The molecular weight excluding hydrogens is 414 g/mol. The second-order valence-corrected chi connectivity index (χ2v) is 8.61. The molecule has 0 fully saturated rings. The van der Waals surface area contributed by atoms with E-state index in [0.29, 0.717) is 11.6 Å². The molecule has 0 saturated carbocycles. The van der Waals surface area contributed by atoms with Crippen LogP contribution in [0.3, 0.4) is 0 Å². The van der Waals surface area contributed by atoms with E-state index in [9.17, 15) is 4.79 Å². The summed E-state index contributed by atoms with van der Waals surface area (Å²) in [7, 11) is 0. The third-order valence-corrected chi connectivity index (χ3v) is 6.18. The van der Waals surface area contributed by atoms with Crippen molar-refractivity contribution in [2.75, 3.05) is 11.1 Å². The zero-order valence-corrected chi connectivity index (χ0v) is 18.4. The molecule has 0 unspecified atom stereocenters. The molecular formula is C24H22ClN3OS. The van der Waals surface area contributed by atoms with Crippen molar-refractivity contribution in [2.24, 2.45) is 0 Å². The van der Waals surface area contributed by atoms with Crippen molar-refractivity contribution < 1.29 is 4.79 Å². The van der Waals surface area contributed by atoms with Crippen molar-refractivity contribution in [3.63, 3.8) is 0 Å². The number of hydrogen-bond donors (Lipinski definition) is 1. The van der Waals surface area contributed by atoms with Gasteiger partial charge in [0.1, 0.15) is 0 Å². The van der Waals surface area contributed by atoms with Crippen molar-refractivity contribution >= 4 is 46.0 Å². The van der Waals surface area contributed by atoms with E-state index < -0.39 is 0 Å². The number of aryl methyl sites for hydroxylation is 2. The minimum absolute atomic E-state index is 0.0513. The Labute approximate surface area is 185 Å². The molecule has 4 rings (SSSR count). The standard InChI is InChI=1S/C24H22ClN3OS/c1-16-10-11-20(12-17(16)2)26-23(29)15-30-24-27-21-8-3-4-9-22(21)28(24)14-18-6-5-7-19(25)13-18/h3-13H,14-15H2,1-2H3,(H,26,29). The molecule has 152 valence electrons. The molecule has 0 aliphatic rings. The van der Waals surface area contributed by atoms with Crippen molar-refractivity contribution in [1.82, 2.24) is 9.55 Å². The quantitative estimate of drug-likeness (QED) is 0.373. The maximum absolute atomic E-state index is 12.5. The highest BCUT2D eigenvalue weighted by molar-refractivity contribution is 7.99. The summed E-state index contributed by atoms with van der Waals surface area (Å²) in [5.74, 6) is 0.232. The molecule has 4 aromatic rings. The first-order chi connectivity index (χ1) is 14.5. The van der Waals surface area contributed by atoms with Crippen molar-refractivity contribution in [2.45, 2.75) is 25.5 Å². The molecule has 6 heteroatoms. The number of halogens is 1. The van der Waals surface area contributed by atoms with E-state index in [0.717, 1.165) is 33.0 Å². The van der Waals surface area contributed by atoms with Crippen LogP contribution in [-0.4, -0.2) is 21.2 Å². The van der Waals surface area contributed by atoms with Gasteiger partial charge < -0.3 is 9.88 Å². The highest BCUT2D eigenvalue weighted by Crippen LogP contribution is 2.26. The van der Waals surface area contributed by atoms with E-state index in [4.69, 9.17) is 16.6 Å². The van der Waals surface area contributed by atoms with E-state index in [1.807, 2.05) is 73.7 Å². The summed E-state index contributed by atoms with van der Waals surface area (Å²) >= 11 is 7.60. The number of nitrogens with one attached hydrogen (secondary N) is 1. The van der Waals surface area contributed by atoms with Gasteiger partial charge in [0.2, 0.25) is 5.91 Å². The number of carbonyl (C=O) groups excluding carboxylic acids is 1. The van der Waals surface area contributed by atoms with Crippen LogP contribution in [0, 0.1) is 13.8 Å². The van der Waals surface area contributed by atoms with Gasteiger partial charge in [0, 0.05) is 10.7 Å². The summed E-state index contributed by atoms with van der Waals surface area (Å²) in [6, 6.07) is 21.8. The third-order valence-electron chi connectivity index (χ3n) is 4.97. The van der Waals surface area contributed by atoms with Crippen LogP contribution in [0.5, 0.6) is 0 Å². The zero-order valence-electron chi connectivity index (χ0n) is 16.9.